The van der Waals surface area contributed by atoms with Gasteiger partial charge in [0.25, 0.3) is 0 Å². The Bertz CT molecular complexity index is 568. The maximum Gasteiger partial charge on any atom is 0.244 e. The van der Waals surface area contributed by atoms with E-state index in [0.29, 0.717) is 11.5 Å². The molecular formula is C18H26N2O4. The minimum Gasteiger partial charge on any atom is -0.493 e. The van der Waals surface area contributed by atoms with Gasteiger partial charge in [-0.2, -0.15) is 0 Å². The van der Waals surface area contributed by atoms with E-state index in [1.807, 2.05) is 25.1 Å². The van der Waals surface area contributed by atoms with Crippen LogP contribution in [0.3, 0.4) is 0 Å². The summed E-state index contributed by atoms with van der Waals surface area (Å²) >= 11 is 0. The molecule has 1 N–H and O–H groups in total. The molecule has 0 aliphatic carbocycles. The van der Waals surface area contributed by atoms with Crippen LogP contribution in [0.25, 0.3) is 6.08 Å². The molecule has 1 aliphatic heterocycles. The number of benzene rings is 1. The van der Waals surface area contributed by atoms with Crippen LogP contribution in [0.4, 0.5) is 0 Å². The van der Waals surface area contributed by atoms with Crippen LogP contribution in [-0.4, -0.2) is 63.9 Å². The van der Waals surface area contributed by atoms with Gasteiger partial charge in [-0.3, -0.25) is 9.69 Å². The lowest BCUT2D eigenvalue weighted by Gasteiger charge is -2.29. The number of rotatable bonds is 7. The van der Waals surface area contributed by atoms with E-state index in [0.717, 1.165) is 38.4 Å². The Hall–Kier alpha value is -2.05. The lowest BCUT2D eigenvalue weighted by Crippen LogP contribution is -2.45. The van der Waals surface area contributed by atoms with Gasteiger partial charge in [0.05, 0.1) is 27.4 Å². The largest absolute Gasteiger partial charge is 0.493 e. The van der Waals surface area contributed by atoms with Crippen molar-refractivity contribution in [1.29, 1.82) is 0 Å². The zero-order valence-corrected chi connectivity index (χ0v) is 14.6. The van der Waals surface area contributed by atoms with Crippen LogP contribution in [0.15, 0.2) is 24.3 Å². The molecule has 6 nitrogen and oxygen atoms in total. The summed E-state index contributed by atoms with van der Waals surface area (Å²) in [6.07, 6.45) is 3.26. The van der Waals surface area contributed by atoms with E-state index in [4.69, 9.17) is 14.2 Å². The molecule has 0 bridgehead atoms. The first-order valence-electron chi connectivity index (χ1n) is 8.13. The van der Waals surface area contributed by atoms with Gasteiger partial charge < -0.3 is 19.5 Å². The molecule has 1 aromatic rings. The smallest absolute Gasteiger partial charge is 0.244 e. The summed E-state index contributed by atoms with van der Waals surface area (Å²) in [7, 11) is 3.17. The van der Waals surface area contributed by atoms with Crippen molar-refractivity contribution >= 4 is 12.0 Å². The van der Waals surface area contributed by atoms with E-state index in [1.165, 1.54) is 6.08 Å². The molecule has 1 fully saturated rings. The fourth-order valence-corrected chi connectivity index (χ4v) is 2.72. The lowest BCUT2D eigenvalue weighted by atomic mass is 10.1. The monoisotopic (exact) mass is 334 g/mol. The molecular weight excluding hydrogens is 308 g/mol. The fourth-order valence-electron chi connectivity index (χ4n) is 2.72. The zero-order chi connectivity index (χ0) is 17.4. The Kier molecular flexibility index (Phi) is 7.08. The topological polar surface area (TPSA) is 60.0 Å². The summed E-state index contributed by atoms with van der Waals surface area (Å²) in [4.78, 5) is 14.4. The molecule has 1 aliphatic rings. The van der Waals surface area contributed by atoms with E-state index in [9.17, 15) is 4.79 Å². The highest BCUT2D eigenvalue weighted by Gasteiger charge is 2.14. The Morgan fingerprint density at radius 3 is 2.75 bits per heavy atom. The van der Waals surface area contributed by atoms with Gasteiger partial charge in [-0.1, -0.05) is 12.1 Å². The lowest BCUT2D eigenvalue weighted by molar-refractivity contribution is -0.117. The fraction of sp³-hybridized carbons (Fsp3) is 0.500. The molecule has 1 amide bonds. The summed E-state index contributed by atoms with van der Waals surface area (Å²) in [5.74, 6) is 1.13. The van der Waals surface area contributed by atoms with Gasteiger partial charge in [0.15, 0.2) is 11.5 Å². The predicted molar refractivity (Wildman–Crippen MR) is 93.4 cm³/mol. The van der Waals surface area contributed by atoms with Crippen molar-refractivity contribution in [1.82, 2.24) is 10.2 Å². The highest BCUT2D eigenvalue weighted by atomic mass is 16.5. The van der Waals surface area contributed by atoms with E-state index in [1.54, 1.807) is 20.3 Å². The quantitative estimate of drug-likeness (QED) is 0.767. The second-order valence-electron chi connectivity index (χ2n) is 5.74. The van der Waals surface area contributed by atoms with Gasteiger partial charge in [0.2, 0.25) is 5.91 Å². The number of ether oxygens (including phenoxy) is 3. The second-order valence-corrected chi connectivity index (χ2v) is 5.74. The van der Waals surface area contributed by atoms with Gasteiger partial charge in [0, 0.05) is 37.3 Å². The van der Waals surface area contributed by atoms with Crippen LogP contribution in [-0.2, 0) is 9.53 Å². The van der Waals surface area contributed by atoms with Crippen molar-refractivity contribution in [3.05, 3.63) is 29.8 Å². The number of nitrogens with zero attached hydrogens (tertiary/aromatic N) is 1. The molecule has 6 heteroatoms. The first-order valence-corrected chi connectivity index (χ1v) is 8.13. The maximum absolute atomic E-state index is 12.1. The van der Waals surface area contributed by atoms with Crippen LogP contribution < -0.4 is 14.8 Å². The van der Waals surface area contributed by atoms with Crippen molar-refractivity contribution in [3.8, 4) is 11.5 Å². The molecule has 1 heterocycles. The number of nitrogens with one attached hydrogen (secondary N) is 1. The van der Waals surface area contributed by atoms with E-state index >= 15 is 0 Å². The highest BCUT2D eigenvalue weighted by Crippen LogP contribution is 2.31. The Morgan fingerprint density at radius 2 is 2.08 bits per heavy atom. The van der Waals surface area contributed by atoms with E-state index in [-0.39, 0.29) is 11.9 Å². The summed E-state index contributed by atoms with van der Waals surface area (Å²) in [6, 6.07) is 5.63. The summed E-state index contributed by atoms with van der Waals surface area (Å²) in [6.45, 7) is 6.18. The number of amides is 1. The minimum absolute atomic E-state index is 0.0763. The molecule has 0 spiro atoms. The molecule has 2 rings (SSSR count). The maximum atomic E-state index is 12.1. The number of morpholine rings is 1. The Labute approximate surface area is 143 Å². The van der Waals surface area contributed by atoms with Crippen molar-refractivity contribution in [2.75, 3.05) is 47.1 Å². The Morgan fingerprint density at radius 1 is 1.33 bits per heavy atom. The summed E-state index contributed by atoms with van der Waals surface area (Å²) in [5.41, 5.74) is 0.799. The number of methoxy groups -OCH3 is 2. The van der Waals surface area contributed by atoms with Gasteiger partial charge in [-0.05, 0) is 19.1 Å². The van der Waals surface area contributed by atoms with Gasteiger partial charge in [-0.25, -0.2) is 0 Å². The molecule has 0 aromatic heterocycles. The standard InChI is InChI=1S/C18H26N2O4/c1-14(13-20-9-11-24-12-10-20)19-17(21)8-7-15-5-4-6-16(22-2)18(15)23-3/h4-8,14H,9-13H2,1-3H3,(H,19,21). The average molecular weight is 334 g/mol. The van der Waals surface area contributed by atoms with E-state index in [2.05, 4.69) is 10.2 Å². The zero-order valence-electron chi connectivity index (χ0n) is 14.6. The first-order chi connectivity index (χ1) is 11.6. The van der Waals surface area contributed by atoms with Gasteiger partial charge >= 0.3 is 0 Å². The number of hydrogen-bond acceptors (Lipinski definition) is 5. The number of hydrogen-bond donors (Lipinski definition) is 1. The summed E-state index contributed by atoms with van der Waals surface area (Å²) < 4.78 is 15.9. The number of para-hydroxylation sites is 1. The molecule has 132 valence electrons. The predicted octanol–water partition coefficient (Wildman–Crippen LogP) is 1.55. The SMILES string of the molecule is COc1cccc(C=CC(=O)NC(C)CN2CCOCC2)c1OC. The molecule has 1 unspecified atom stereocenters. The third-order valence-electron chi connectivity index (χ3n) is 3.87. The van der Waals surface area contributed by atoms with Crippen LogP contribution in [0.2, 0.25) is 0 Å². The molecule has 0 saturated carbocycles. The van der Waals surface area contributed by atoms with Crippen LogP contribution in [0.1, 0.15) is 12.5 Å². The number of carbonyl (C=O) groups excluding carboxylic acids is 1. The van der Waals surface area contributed by atoms with Crippen LogP contribution >= 0.6 is 0 Å². The van der Waals surface area contributed by atoms with Crippen LogP contribution in [0, 0.1) is 0 Å². The molecule has 24 heavy (non-hydrogen) atoms. The average Bonchev–Trinajstić information content (AvgIpc) is 2.60. The third kappa shape index (κ3) is 5.25. The van der Waals surface area contributed by atoms with E-state index < -0.39 is 0 Å². The molecule has 0 radical (unpaired) electrons. The van der Waals surface area contributed by atoms with Crippen molar-refractivity contribution in [3.63, 3.8) is 0 Å². The van der Waals surface area contributed by atoms with Crippen molar-refractivity contribution < 1.29 is 19.0 Å². The van der Waals surface area contributed by atoms with Crippen molar-refractivity contribution in [2.24, 2.45) is 0 Å². The van der Waals surface area contributed by atoms with Crippen molar-refractivity contribution in [2.45, 2.75) is 13.0 Å². The second kappa shape index (κ2) is 9.30. The molecule has 1 aromatic carbocycles. The van der Waals surface area contributed by atoms with Crippen LogP contribution in [0.5, 0.6) is 11.5 Å². The highest BCUT2D eigenvalue weighted by molar-refractivity contribution is 5.92. The van der Waals surface area contributed by atoms with Gasteiger partial charge in [-0.15, -0.1) is 0 Å². The normalized spacial score (nSPS) is 16.8. The Balaban J connectivity index is 1.90. The third-order valence-corrected chi connectivity index (χ3v) is 3.87. The van der Waals surface area contributed by atoms with Gasteiger partial charge in [0.1, 0.15) is 0 Å². The number of carbonyl (C=O) groups is 1. The summed E-state index contributed by atoms with van der Waals surface area (Å²) in [5, 5.41) is 2.98. The molecule has 1 saturated heterocycles. The minimum atomic E-state index is -0.124. The molecule has 1 atom stereocenters. The first kappa shape index (κ1) is 18.3.